The number of ether oxygens (including phenoxy) is 1. The lowest BCUT2D eigenvalue weighted by molar-refractivity contribution is 0.118. The lowest BCUT2D eigenvalue weighted by atomic mass is 10.4. The smallest absolute Gasteiger partial charge is 0.0625 e. The molecule has 0 saturated carbocycles. The molecule has 4 N–H and O–H groups in total. The number of hydrogen-bond acceptors (Lipinski definition) is 3. The van der Waals surface area contributed by atoms with Crippen LogP contribution in [0.5, 0.6) is 0 Å². The fourth-order valence-electron chi connectivity index (χ4n) is 0.460. The summed E-state index contributed by atoms with van der Waals surface area (Å²) in [5.41, 5.74) is 11.3. The second-order valence-corrected chi connectivity index (χ2v) is 4.13. The summed E-state index contributed by atoms with van der Waals surface area (Å²) >= 11 is 4.48. The van der Waals surface area contributed by atoms with Crippen molar-refractivity contribution in [2.24, 2.45) is 11.5 Å². The van der Waals surface area contributed by atoms with E-state index < -0.39 is 0 Å². The molecular formula is C6H14I2N2O. The van der Waals surface area contributed by atoms with Crippen LogP contribution in [0.15, 0.2) is 0 Å². The van der Waals surface area contributed by atoms with Crippen LogP contribution in [0.4, 0.5) is 0 Å². The van der Waals surface area contributed by atoms with Crippen molar-refractivity contribution in [3.05, 3.63) is 0 Å². The Bertz CT molecular complexity index is 84.7. The summed E-state index contributed by atoms with van der Waals surface area (Å²) in [4.78, 5) is 0. The normalized spacial score (nSPS) is 16.4. The van der Waals surface area contributed by atoms with Gasteiger partial charge >= 0.3 is 0 Å². The van der Waals surface area contributed by atoms with E-state index in [1.165, 1.54) is 0 Å². The summed E-state index contributed by atoms with van der Waals surface area (Å²) in [6.45, 7) is 1.24. The van der Waals surface area contributed by atoms with Crippen LogP contribution in [0.2, 0.25) is 0 Å². The standard InChI is InChI=1S/C6H14I2N2O/c7-1-5(9)3-11-4-6(10)2-8/h5-6H,1-4,9-10H2. The molecule has 0 aromatic heterocycles. The number of nitrogens with two attached hydrogens (primary N) is 2. The average Bonchev–Trinajstić information content (AvgIpc) is 2.04. The molecule has 0 heterocycles. The minimum absolute atomic E-state index is 0.150. The fraction of sp³-hybridized carbons (Fsp3) is 1.00. The molecule has 0 bridgehead atoms. The van der Waals surface area contributed by atoms with Crippen LogP contribution in [-0.4, -0.2) is 34.2 Å². The first kappa shape index (κ1) is 12.3. The lowest BCUT2D eigenvalue weighted by Gasteiger charge is -2.11. The second kappa shape index (κ2) is 7.96. The van der Waals surface area contributed by atoms with Crippen LogP contribution in [0.25, 0.3) is 0 Å². The van der Waals surface area contributed by atoms with Gasteiger partial charge in [-0.2, -0.15) is 0 Å². The third-order valence-electron chi connectivity index (χ3n) is 1.06. The molecule has 0 aliphatic rings. The van der Waals surface area contributed by atoms with Crippen molar-refractivity contribution in [1.82, 2.24) is 0 Å². The topological polar surface area (TPSA) is 61.3 Å². The predicted molar refractivity (Wildman–Crippen MR) is 64.5 cm³/mol. The molecule has 0 radical (unpaired) electrons. The number of rotatable bonds is 6. The number of alkyl halides is 2. The van der Waals surface area contributed by atoms with Crippen molar-refractivity contribution in [3.8, 4) is 0 Å². The maximum atomic E-state index is 5.63. The molecule has 0 aromatic carbocycles. The first-order chi connectivity index (χ1) is 5.20. The Kier molecular flexibility index (Phi) is 8.93. The SMILES string of the molecule is NC(CI)COCC(N)CI. The van der Waals surface area contributed by atoms with E-state index in [0.29, 0.717) is 13.2 Å². The van der Waals surface area contributed by atoms with Gasteiger partial charge in [0.1, 0.15) is 0 Å². The third-order valence-corrected chi connectivity index (χ3v) is 3.32. The third kappa shape index (κ3) is 7.69. The fourth-order valence-corrected chi connectivity index (χ4v) is 0.968. The highest BCUT2D eigenvalue weighted by Gasteiger charge is 2.02. The summed E-state index contributed by atoms with van der Waals surface area (Å²) in [6.07, 6.45) is 0. The zero-order valence-corrected chi connectivity index (χ0v) is 10.6. The minimum Gasteiger partial charge on any atom is -0.378 e. The highest BCUT2D eigenvalue weighted by Crippen LogP contribution is 1.92. The number of halogens is 2. The Morgan fingerprint density at radius 3 is 1.64 bits per heavy atom. The molecule has 2 atom stereocenters. The van der Waals surface area contributed by atoms with Gasteiger partial charge in [0.2, 0.25) is 0 Å². The Morgan fingerprint density at radius 2 is 1.36 bits per heavy atom. The van der Waals surface area contributed by atoms with Crippen LogP contribution in [0, 0.1) is 0 Å². The molecule has 0 aliphatic carbocycles. The van der Waals surface area contributed by atoms with Gasteiger partial charge in [0.25, 0.3) is 0 Å². The molecule has 0 spiro atoms. The Hall–Kier alpha value is 1.34. The molecule has 0 aromatic rings. The molecule has 68 valence electrons. The van der Waals surface area contributed by atoms with E-state index in [-0.39, 0.29) is 12.1 Å². The minimum atomic E-state index is 0.150. The van der Waals surface area contributed by atoms with Crippen LogP contribution in [0.3, 0.4) is 0 Å². The van der Waals surface area contributed by atoms with Gasteiger partial charge in [0, 0.05) is 20.9 Å². The first-order valence-corrected chi connectivity index (χ1v) is 6.46. The van der Waals surface area contributed by atoms with Crippen LogP contribution < -0.4 is 11.5 Å². The average molecular weight is 384 g/mol. The highest BCUT2D eigenvalue weighted by atomic mass is 127. The Labute approximate surface area is 94.9 Å². The van der Waals surface area contributed by atoms with Crippen LogP contribution >= 0.6 is 45.2 Å². The largest absolute Gasteiger partial charge is 0.378 e. The summed E-state index contributed by atoms with van der Waals surface area (Å²) in [5, 5.41) is 0. The van der Waals surface area contributed by atoms with Gasteiger partial charge in [-0.05, 0) is 0 Å². The van der Waals surface area contributed by atoms with E-state index >= 15 is 0 Å². The van der Waals surface area contributed by atoms with E-state index in [2.05, 4.69) is 45.2 Å². The van der Waals surface area contributed by atoms with Gasteiger partial charge in [-0.25, -0.2) is 0 Å². The van der Waals surface area contributed by atoms with E-state index in [1.807, 2.05) is 0 Å². The highest BCUT2D eigenvalue weighted by molar-refractivity contribution is 14.1. The van der Waals surface area contributed by atoms with Crippen molar-refractivity contribution < 1.29 is 4.74 Å². The monoisotopic (exact) mass is 384 g/mol. The van der Waals surface area contributed by atoms with Gasteiger partial charge in [0.05, 0.1) is 13.2 Å². The summed E-state index contributed by atoms with van der Waals surface area (Å²) in [7, 11) is 0. The maximum Gasteiger partial charge on any atom is 0.0625 e. The summed E-state index contributed by atoms with van der Waals surface area (Å²) < 4.78 is 7.14. The van der Waals surface area contributed by atoms with Crippen molar-refractivity contribution in [2.45, 2.75) is 12.1 Å². The Balaban J connectivity index is 3.13. The van der Waals surface area contributed by atoms with Crippen LogP contribution in [0.1, 0.15) is 0 Å². The van der Waals surface area contributed by atoms with Crippen molar-refractivity contribution >= 4 is 45.2 Å². The molecule has 2 unspecified atom stereocenters. The molecule has 0 fully saturated rings. The van der Waals surface area contributed by atoms with E-state index in [4.69, 9.17) is 16.2 Å². The van der Waals surface area contributed by atoms with Crippen LogP contribution in [-0.2, 0) is 4.74 Å². The Morgan fingerprint density at radius 1 is 1.00 bits per heavy atom. The quantitative estimate of drug-likeness (QED) is 0.519. The summed E-state index contributed by atoms with van der Waals surface area (Å²) in [5.74, 6) is 0. The van der Waals surface area contributed by atoms with Crippen molar-refractivity contribution in [3.63, 3.8) is 0 Å². The lowest BCUT2D eigenvalue weighted by Crippen LogP contribution is -2.33. The summed E-state index contributed by atoms with van der Waals surface area (Å²) in [6, 6.07) is 0.300. The molecular weight excluding hydrogens is 370 g/mol. The van der Waals surface area contributed by atoms with Gasteiger partial charge in [-0.15, -0.1) is 0 Å². The maximum absolute atomic E-state index is 5.63. The van der Waals surface area contributed by atoms with Gasteiger partial charge in [-0.3, -0.25) is 0 Å². The molecule has 5 heteroatoms. The van der Waals surface area contributed by atoms with Gasteiger partial charge < -0.3 is 16.2 Å². The first-order valence-electron chi connectivity index (χ1n) is 3.41. The van der Waals surface area contributed by atoms with Crippen molar-refractivity contribution in [1.29, 1.82) is 0 Å². The molecule has 11 heavy (non-hydrogen) atoms. The van der Waals surface area contributed by atoms with E-state index in [0.717, 1.165) is 8.86 Å². The van der Waals surface area contributed by atoms with Crippen molar-refractivity contribution in [2.75, 3.05) is 22.1 Å². The predicted octanol–water partition coefficient (Wildman–Crippen LogP) is 0.528. The van der Waals surface area contributed by atoms with Gasteiger partial charge in [0.15, 0.2) is 0 Å². The zero-order valence-electron chi connectivity index (χ0n) is 6.30. The molecule has 0 rings (SSSR count). The molecule has 0 saturated heterocycles. The zero-order chi connectivity index (χ0) is 8.69. The second-order valence-electron chi connectivity index (χ2n) is 2.37. The van der Waals surface area contributed by atoms with E-state index in [1.54, 1.807) is 0 Å². The molecule has 3 nitrogen and oxygen atoms in total. The number of hydrogen-bond donors (Lipinski definition) is 2. The van der Waals surface area contributed by atoms with E-state index in [9.17, 15) is 0 Å². The van der Waals surface area contributed by atoms with Gasteiger partial charge in [-0.1, -0.05) is 45.2 Å². The molecule has 0 aliphatic heterocycles. The molecule has 0 amide bonds.